The quantitative estimate of drug-likeness (QED) is 0.566. The van der Waals surface area contributed by atoms with Crippen LogP contribution >= 0.6 is 0 Å². The average Bonchev–Trinajstić information content (AvgIpc) is 3.36. The number of furan rings is 1. The van der Waals surface area contributed by atoms with E-state index in [1.807, 2.05) is 6.07 Å². The van der Waals surface area contributed by atoms with Gasteiger partial charge in [-0.3, -0.25) is 14.5 Å². The molecule has 0 aliphatic carbocycles. The summed E-state index contributed by atoms with van der Waals surface area (Å²) in [5.74, 6) is -0.381. The molecular weight excluding hydrogens is 425 g/mol. The van der Waals surface area contributed by atoms with Crippen LogP contribution in [-0.4, -0.2) is 43.0 Å². The van der Waals surface area contributed by atoms with Gasteiger partial charge in [-0.2, -0.15) is 0 Å². The zero-order valence-electron chi connectivity index (χ0n) is 18.3. The summed E-state index contributed by atoms with van der Waals surface area (Å²) in [5.41, 5.74) is 2.01. The first-order valence-electron chi connectivity index (χ1n) is 10.8. The molecule has 0 bridgehead atoms. The lowest BCUT2D eigenvalue weighted by Crippen LogP contribution is -2.44. The number of carbonyl (C=O) groups excluding carboxylic acids is 2. The Bertz CT molecular complexity index is 1090. The predicted molar refractivity (Wildman–Crippen MR) is 122 cm³/mol. The second-order valence-electron chi connectivity index (χ2n) is 8.00. The van der Waals surface area contributed by atoms with Crippen LogP contribution in [0.5, 0.6) is 5.75 Å². The van der Waals surface area contributed by atoms with Gasteiger partial charge in [-0.15, -0.1) is 0 Å². The third-order valence-corrected chi connectivity index (χ3v) is 5.70. The molecule has 3 aromatic rings. The summed E-state index contributed by atoms with van der Waals surface area (Å²) < 4.78 is 23.9. The van der Waals surface area contributed by atoms with E-state index >= 15 is 0 Å². The van der Waals surface area contributed by atoms with Crippen LogP contribution in [0.4, 0.5) is 10.1 Å². The van der Waals surface area contributed by atoms with Gasteiger partial charge >= 0.3 is 0 Å². The molecule has 0 spiro atoms. The molecule has 0 saturated carbocycles. The summed E-state index contributed by atoms with van der Waals surface area (Å²) in [5, 5.41) is 5.81. The molecule has 0 unspecified atom stereocenters. The Morgan fingerprint density at radius 1 is 1.09 bits per heavy atom. The molecule has 1 fully saturated rings. The number of piperidine rings is 1. The smallest absolute Gasteiger partial charge is 0.291 e. The minimum atomic E-state index is -0.358. The molecule has 2 N–H and O–H groups in total. The lowest BCUT2D eigenvalue weighted by Gasteiger charge is -2.32. The van der Waals surface area contributed by atoms with E-state index in [0.717, 1.165) is 31.5 Å². The van der Waals surface area contributed by atoms with Crippen LogP contribution in [0.2, 0.25) is 0 Å². The van der Waals surface area contributed by atoms with Crippen LogP contribution in [0.25, 0.3) is 0 Å². The van der Waals surface area contributed by atoms with Gasteiger partial charge in [-0.05, 0) is 66.9 Å². The van der Waals surface area contributed by atoms with Gasteiger partial charge in [0.1, 0.15) is 0 Å². The topological polar surface area (TPSA) is 83.8 Å². The Balaban J connectivity index is 1.24. The van der Waals surface area contributed by atoms with E-state index < -0.39 is 0 Å². The third-order valence-electron chi connectivity index (χ3n) is 5.70. The normalized spacial score (nSPS) is 14.6. The number of ether oxygens (including phenoxy) is 1. The number of anilines is 1. The Morgan fingerprint density at radius 2 is 1.85 bits per heavy atom. The highest BCUT2D eigenvalue weighted by Crippen LogP contribution is 2.20. The first-order chi connectivity index (χ1) is 16.0. The van der Waals surface area contributed by atoms with Crippen LogP contribution in [0.15, 0.2) is 65.3 Å². The second-order valence-corrected chi connectivity index (χ2v) is 8.00. The van der Waals surface area contributed by atoms with E-state index in [2.05, 4.69) is 15.5 Å². The standard InChI is InChI=1S/C25H26FN3O4/c1-32-22-9-4-17(15-21(22)26)16-29-12-10-20(11-13-29)27-24(30)18-5-7-19(8-6-18)28-25(31)23-3-2-14-33-23/h2-9,14-15,20H,10-13,16H2,1H3,(H,27,30)(H,28,31). The zero-order valence-corrected chi connectivity index (χ0v) is 18.3. The minimum absolute atomic E-state index is 0.0830. The number of nitrogens with zero attached hydrogens (tertiary/aromatic N) is 1. The van der Waals surface area contributed by atoms with E-state index in [4.69, 9.17) is 9.15 Å². The maximum atomic E-state index is 13.9. The van der Waals surface area contributed by atoms with Gasteiger partial charge in [0.05, 0.1) is 13.4 Å². The molecular formula is C25H26FN3O4. The first kappa shape index (κ1) is 22.5. The molecule has 2 aromatic carbocycles. The Hall–Kier alpha value is -3.65. The van der Waals surface area contributed by atoms with E-state index in [0.29, 0.717) is 17.8 Å². The monoisotopic (exact) mass is 451 g/mol. The zero-order chi connectivity index (χ0) is 23.2. The van der Waals surface area contributed by atoms with Crippen LogP contribution in [-0.2, 0) is 6.54 Å². The van der Waals surface area contributed by atoms with Crippen LogP contribution in [0, 0.1) is 5.82 Å². The van der Waals surface area contributed by atoms with E-state index in [1.54, 1.807) is 42.5 Å². The van der Waals surface area contributed by atoms with Crippen LogP contribution < -0.4 is 15.4 Å². The fourth-order valence-corrected chi connectivity index (χ4v) is 3.88. The number of likely N-dealkylation sites (tertiary alicyclic amines) is 1. The van der Waals surface area contributed by atoms with Gasteiger partial charge in [0.25, 0.3) is 11.8 Å². The maximum absolute atomic E-state index is 13.9. The van der Waals surface area contributed by atoms with Crippen molar-refractivity contribution in [1.82, 2.24) is 10.2 Å². The van der Waals surface area contributed by atoms with E-state index in [1.165, 1.54) is 19.4 Å². The maximum Gasteiger partial charge on any atom is 0.291 e. The van der Waals surface area contributed by atoms with Gasteiger partial charge in [0.15, 0.2) is 17.3 Å². The summed E-state index contributed by atoms with van der Waals surface area (Å²) in [7, 11) is 1.45. The van der Waals surface area contributed by atoms with Crippen molar-refractivity contribution in [3.05, 3.63) is 83.6 Å². The van der Waals surface area contributed by atoms with Crippen molar-refractivity contribution in [1.29, 1.82) is 0 Å². The molecule has 7 nitrogen and oxygen atoms in total. The van der Waals surface area contributed by atoms with E-state index in [9.17, 15) is 14.0 Å². The van der Waals surface area contributed by atoms with Crippen molar-refractivity contribution >= 4 is 17.5 Å². The number of hydrogen-bond donors (Lipinski definition) is 2. The van der Waals surface area contributed by atoms with Gasteiger partial charge in [-0.1, -0.05) is 6.07 Å². The molecule has 4 rings (SSSR count). The molecule has 8 heteroatoms. The Labute approximate surface area is 191 Å². The SMILES string of the molecule is COc1ccc(CN2CCC(NC(=O)c3ccc(NC(=O)c4ccco4)cc3)CC2)cc1F. The van der Waals surface area contributed by atoms with Crippen molar-refractivity contribution < 1.29 is 23.1 Å². The number of hydrogen-bond acceptors (Lipinski definition) is 5. The molecule has 1 aliphatic rings. The highest BCUT2D eigenvalue weighted by atomic mass is 19.1. The van der Waals surface area contributed by atoms with Gasteiger partial charge < -0.3 is 19.8 Å². The lowest BCUT2D eigenvalue weighted by atomic mass is 10.0. The Kier molecular flexibility index (Phi) is 7.04. The summed E-state index contributed by atoms with van der Waals surface area (Å²) in [6, 6.07) is 15.1. The Morgan fingerprint density at radius 3 is 2.48 bits per heavy atom. The largest absolute Gasteiger partial charge is 0.494 e. The average molecular weight is 451 g/mol. The summed E-state index contributed by atoms with van der Waals surface area (Å²) in [6.45, 7) is 2.29. The summed E-state index contributed by atoms with van der Waals surface area (Å²) in [6.07, 6.45) is 3.08. The number of amides is 2. The van der Waals surface area contributed by atoms with Crippen molar-refractivity contribution in [3.8, 4) is 5.75 Å². The third kappa shape index (κ3) is 5.78. The van der Waals surface area contributed by atoms with E-state index in [-0.39, 0.29) is 35.2 Å². The molecule has 1 aliphatic heterocycles. The number of benzene rings is 2. The van der Waals surface area contributed by atoms with Crippen molar-refractivity contribution in [2.75, 3.05) is 25.5 Å². The van der Waals surface area contributed by atoms with Crippen LogP contribution in [0.1, 0.15) is 39.3 Å². The van der Waals surface area contributed by atoms with Gasteiger partial charge in [0, 0.05) is 36.9 Å². The predicted octanol–water partition coefficient (Wildman–Crippen LogP) is 4.07. The highest BCUT2D eigenvalue weighted by molar-refractivity contribution is 6.02. The number of rotatable bonds is 7. The first-order valence-corrected chi connectivity index (χ1v) is 10.8. The fraction of sp³-hybridized carbons (Fsp3) is 0.280. The van der Waals surface area contributed by atoms with Crippen molar-refractivity contribution in [3.63, 3.8) is 0 Å². The molecule has 0 radical (unpaired) electrons. The molecule has 2 heterocycles. The fourth-order valence-electron chi connectivity index (χ4n) is 3.88. The van der Waals surface area contributed by atoms with Crippen LogP contribution in [0.3, 0.4) is 0 Å². The van der Waals surface area contributed by atoms with Gasteiger partial charge in [-0.25, -0.2) is 4.39 Å². The molecule has 33 heavy (non-hydrogen) atoms. The number of carbonyl (C=O) groups is 2. The highest BCUT2D eigenvalue weighted by Gasteiger charge is 2.21. The molecule has 172 valence electrons. The van der Waals surface area contributed by atoms with Crippen molar-refractivity contribution in [2.45, 2.75) is 25.4 Å². The molecule has 1 aromatic heterocycles. The summed E-state index contributed by atoms with van der Waals surface area (Å²) in [4.78, 5) is 26.9. The molecule has 0 atom stereocenters. The lowest BCUT2D eigenvalue weighted by molar-refractivity contribution is 0.0908. The minimum Gasteiger partial charge on any atom is -0.494 e. The number of methoxy groups -OCH3 is 1. The number of halogens is 1. The molecule has 2 amide bonds. The number of nitrogens with one attached hydrogen (secondary N) is 2. The molecule has 1 saturated heterocycles. The van der Waals surface area contributed by atoms with Crippen molar-refractivity contribution in [2.24, 2.45) is 0 Å². The second kappa shape index (κ2) is 10.3. The summed E-state index contributed by atoms with van der Waals surface area (Å²) >= 11 is 0. The van der Waals surface area contributed by atoms with Gasteiger partial charge in [0.2, 0.25) is 0 Å².